The van der Waals surface area contributed by atoms with Crippen molar-refractivity contribution in [3.05, 3.63) is 41.3 Å². The molecule has 1 aromatic carbocycles. The van der Waals surface area contributed by atoms with E-state index in [1.165, 1.54) is 18.4 Å². The number of thiophene rings is 1. The Bertz CT molecular complexity index is 683. The Hall–Kier alpha value is -2.34. The van der Waals surface area contributed by atoms with Crippen LogP contribution in [0.2, 0.25) is 0 Å². The van der Waals surface area contributed by atoms with Crippen LogP contribution in [0, 0.1) is 0 Å². The fourth-order valence-electron chi connectivity index (χ4n) is 2.31. The Morgan fingerprint density at radius 3 is 2.74 bits per heavy atom. The van der Waals surface area contributed by atoms with Crippen molar-refractivity contribution >= 4 is 28.9 Å². The van der Waals surface area contributed by atoms with Crippen molar-refractivity contribution in [3.63, 3.8) is 0 Å². The van der Waals surface area contributed by atoms with E-state index in [-0.39, 0.29) is 5.91 Å². The highest BCUT2D eigenvalue weighted by molar-refractivity contribution is 7.13. The van der Waals surface area contributed by atoms with Gasteiger partial charge in [-0.1, -0.05) is 19.4 Å². The standard InChI is InChI=1S/C17H20N2O3S/c1-3-5-14(17(21)22-2)19-16(20)12-8-7-11(18)10-13(12)15-6-4-9-23-15/h4,6-10,14H,3,5,18H2,1-2H3,(H,19,20). The second-order valence-electron chi connectivity index (χ2n) is 5.12. The van der Waals surface area contributed by atoms with Crippen molar-refractivity contribution in [2.24, 2.45) is 0 Å². The van der Waals surface area contributed by atoms with Gasteiger partial charge in [0.15, 0.2) is 0 Å². The van der Waals surface area contributed by atoms with E-state index in [9.17, 15) is 9.59 Å². The lowest BCUT2D eigenvalue weighted by Crippen LogP contribution is -2.41. The average Bonchev–Trinajstić information content (AvgIpc) is 3.07. The van der Waals surface area contributed by atoms with Crippen LogP contribution in [-0.2, 0) is 9.53 Å². The largest absolute Gasteiger partial charge is 0.467 e. The average molecular weight is 332 g/mol. The molecule has 3 N–H and O–H groups in total. The number of carbonyl (C=O) groups is 2. The van der Waals surface area contributed by atoms with Crippen molar-refractivity contribution in [1.82, 2.24) is 5.32 Å². The monoisotopic (exact) mass is 332 g/mol. The van der Waals surface area contributed by atoms with E-state index >= 15 is 0 Å². The fraction of sp³-hybridized carbons (Fsp3) is 0.294. The van der Waals surface area contributed by atoms with Crippen molar-refractivity contribution in [2.75, 3.05) is 12.8 Å². The Balaban J connectivity index is 2.30. The van der Waals surface area contributed by atoms with E-state index < -0.39 is 12.0 Å². The van der Waals surface area contributed by atoms with Crippen LogP contribution in [0.3, 0.4) is 0 Å². The van der Waals surface area contributed by atoms with Crippen LogP contribution in [0.4, 0.5) is 5.69 Å². The molecule has 23 heavy (non-hydrogen) atoms. The number of nitrogen functional groups attached to an aromatic ring is 1. The summed E-state index contributed by atoms with van der Waals surface area (Å²) in [7, 11) is 1.32. The number of benzene rings is 1. The number of rotatable bonds is 6. The normalized spacial score (nSPS) is 11.7. The molecule has 0 radical (unpaired) electrons. The molecule has 0 bridgehead atoms. The first kappa shape index (κ1) is 17.0. The van der Waals surface area contributed by atoms with Crippen LogP contribution in [0.15, 0.2) is 35.7 Å². The Morgan fingerprint density at radius 1 is 1.35 bits per heavy atom. The summed E-state index contributed by atoms with van der Waals surface area (Å²) in [6, 6.07) is 8.33. The van der Waals surface area contributed by atoms with Gasteiger partial charge in [-0.3, -0.25) is 4.79 Å². The number of carbonyl (C=O) groups excluding carboxylic acids is 2. The number of anilines is 1. The number of ether oxygens (including phenoxy) is 1. The van der Waals surface area contributed by atoms with Gasteiger partial charge in [0.25, 0.3) is 5.91 Å². The maximum atomic E-state index is 12.6. The summed E-state index contributed by atoms with van der Waals surface area (Å²) in [5.41, 5.74) is 7.69. The van der Waals surface area contributed by atoms with Crippen molar-refractivity contribution in [1.29, 1.82) is 0 Å². The zero-order valence-electron chi connectivity index (χ0n) is 13.2. The Morgan fingerprint density at radius 2 is 2.13 bits per heavy atom. The molecule has 1 unspecified atom stereocenters. The minimum Gasteiger partial charge on any atom is -0.467 e. The molecular formula is C17H20N2O3S. The fourth-order valence-corrected chi connectivity index (χ4v) is 3.07. The molecular weight excluding hydrogens is 312 g/mol. The number of amides is 1. The number of hydrogen-bond donors (Lipinski definition) is 2. The third kappa shape index (κ3) is 4.10. The van der Waals surface area contributed by atoms with E-state index in [1.54, 1.807) is 18.2 Å². The number of esters is 1. The molecule has 0 spiro atoms. The van der Waals surface area contributed by atoms with Gasteiger partial charge in [-0.2, -0.15) is 0 Å². The minimum atomic E-state index is -0.647. The van der Waals surface area contributed by atoms with E-state index in [0.29, 0.717) is 17.7 Å². The maximum absolute atomic E-state index is 12.6. The highest BCUT2D eigenvalue weighted by Gasteiger charge is 2.23. The first-order valence-electron chi connectivity index (χ1n) is 7.39. The summed E-state index contributed by atoms with van der Waals surface area (Å²) >= 11 is 1.53. The molecule has 5 nitrogen and oxygen atoms in total. The molecule has 1 heterocycles. The molecule has 2 aromatic rings. The molecule has 0 aliphatic carbocycles. The van der Waals surface area contributed by atoms with Crippen LogP contribution in [-0.4, -0.2) is 25.0 Å². The third-order valence-electron chi connectivity index (χ3n) is 3.44. The summed E-state index contributed by atoms with van der Waals surface area (Å²) in [6.45, 7) is 1.95. The van der Waals surface area contributed by atoms with Crippen LogP contribution < -0.4 is 11.1 Å². The maximum Gasteiger partial charge on any atom is 0.328 e. The molecule has 0 saturated carbocycles. The van der Waals surface area contributed by atoms with Gasteiger partial charge in [-0.25, -0.2) is 4.79 Å². The minimum absolute atomic E-state index is 0.308. The Labute approximate surface area is 139 Å². The highest BCUT2D eigenvalue weighted by Crippen LogP contribution is 2.30. The zero-order chi connectivity index (χ0) is 16.8. The van der Waals surface area contributed by atoms with Crippen molar-refractivity contribution in [2.45, 2.75) is 25.8 Å². The van der Waals surface area contributed by atoms with Gasteiger partial charge >= 0.3 is 5.97 Å². The zero-order valence-corrected chi connectivity index (χ0v) is 14.0. The summed E-state index contributed by atoms with van der Waals surface area (Å²) < 4.78 is 4.75. The second kappa shape index (κ2) is 7.78. The second-order valence-corrected chi connectivity index (χ2v) is 6.07. The van der Waals surface area contributed by atoms with Gasteiger partial charge in [-0.15, -0.1) is 11.3 Å². The first-order chi connectivity index (χ1) is 11.1. The molecule has 0 saturated heterocycles. The molecule has 1 aromatic heterocycles. The third-order valence-corrected chi connectivity index (χ3v) is 4.35. The van der Waals surface area contributed by atoms with Crippen LogP contribution in [0.5, 0.6) is 0 Å². The molecule has 1 amide bonds. The van der Waals surface area contributed by atoms with Gasteiger partial charge < -0.3 is 15.8 Å². The van der Waals surface area contributed by atoms with Crippen LogP contribution in [0.1, 0.15) is 30.1 Å². The van der Waals surface area contributed by atoms with Gasteiger partial charge in [0.1, 0.15) is 6.04 Å². The van der Waals surface area contributed by atoms with Crippen molar-refractivity contribution < 1.29 is 14.3 Å². The van der Waals surface area contributed by atoms with E-state index in [2.05, 4.69) is 5.32 Å². The molecule has 0 aliphatic heterocycles. The van der Waals surface area contributed by atoms with Crippen LogP contribution >= 0.6 is 11.3 Å². The molecule has 6 heteroatoms. The summed E-state index contributed by atoms with van der Waals surface area (Å²) in [4.78, 5) is 25.4. The number of nitrogens with two attached hydrogens (primary N) is 1. The molecule has 1 atom stereocenters. The number of hydrogen-bond acceptors (Lipinski definition) is 5. The molecule has 122 valence electrons. The smallest absolute Gasteiger partial charge is 0.328 e. The number of nitrogens with one attached hydrogen (secondary N) is 1. The predicted molar refractivity (Wildman–Crippen MR) is 92.3 cm³/mol. The molecule has 0 fully saturated rings. The summed E-state index contributed by atoms with van der Waals surface area (Å²) in [6.07, 6.45) is 1.29. The molecule has 0 aliphatic rings. The lowest BCUT2D eigenvalue weighted by molar-refractivity contribution is -0.143. The molecule has 2 rings (SSSR count). The number of methoxy groups -OCH3 is 1. The van der Waals surface area contributed by atoms with Gasteiger partial charge in [-0.05, 0) is 36.1 Å². The lowest BCUT2D eigenvalue weighted by Gasteiger charge is -2.17. The van der Waals surface area contributed by atoms with Gasteiger partial charge in [0.05, 0.1) is 7.11 Å². The first-order valence-corrected chi connectivity index (χ1v) is 8.26. The SMILES string of the molecule is CCCC(NC(=O)c1ccc(N)cc1-c1cccs1)C(=O)OC. The summed E-state index contributed by atoms with van der Waals surface area (Å²) in [5, 5.41) is 4.70. The van der Waals surface area contributed by atoms with E-state index in [1.807, 2.05) is 24.4 Å². The van der Waals surface area contributed by atoms with E-state index in [0.717, 1.165) is 16.9 Å². The van der Waals surface area contributed by atoms with Gasteiger partial charge in [0, 0.05) is 21.7 Å². The topological polar surface area (TPSA) is 81.4 Å². The Kier molecular flexibility index (Phi) is 5.76. The summed E-state index contributed by atoms with van der Waals surface area (Å²) in [5.74, 6) is -0.745. The highest BCUT2D eigenvalue weighted by atomic mass is 32.1. The van der Waals surface area contributed by atoms with Crippen LogP contribution in [0.25, 0.3) is 10.4 Å². The van der Waals surface area contributed by atoms with Gasteiger partial charge in [0.2, 0.25) is 0 Å². The predicted octanol–water partition coefficient (Wildman–Crippen LogP) is 3.07. The lowest BCUT2D eigenvalue weighted by atomic mass is 10.0. The van der Waals surface area contributed by atoms with E-state index in [4.69, 9.17) is 10.5 Å². The quantitative estimate of drug-likeness (QED) is 0.629. The van der Waals surface area contributed by atoms with Crippen molar-refractivity contribution in [3.8, 4) is 10.4 Å².